The summed E-state index contributed by atoms with van der Waals surface area (Å²) in [5.41, 5.74) is 11.6. The Morgan fingerprint density at radius 1 is 1.02 bits per heavy atom. The number of carbonyl (C=O) groups excluding carboxylic acids is 1. The van der Waals surface area contributed by atoms with Crippen molar-refractivity contribution in [2.45, 2.75) is 59.1 Å². The second kappa shape index (κ2) is 15.3. The Kier molecular flexibility index (Phi) is 11.3. The van der Waals surface area contributed by atoms with E-state index in [1.165, 1.54) is 33.7 Å². The molecule has 2 saturated heterocycles. The summed E-state index contributed by atoms with van der Waals surface area (Å²) in [7, 11) is -11.2. The Balaban J connectivity index is 1.09. The Bertz CT molecular complexity index is 2050. The minimum Gasteiger partial charge on any atom is -0.756 e. The van der Waals surface area contributed by atoms with E-state index in [-0.39, 0.29) is 27.7 Å². The minimum atomic E-state index is -5.67. The first-order valence-corrected chi connectivity index (χ1v) is 19.1. The van der Waals surface area contributed by atoms with Gasteiger partial charge in [0.25, 0.3) is 20.0 Å². The van der Waals surface area contributed by atoms with Crippen molar-refractivity contribution in [1.82, 2.24) is 19.5 Å². The van der Waals surface area contributed by atoms with Gasteiger partial charge in [0.05, 0.1) is 13.2 Å². The number of aliphatic hydroxyl groups excluding tert-OH is 4. The standard InChI is InChI=1S/C27H30ClN7O14P2S/c28-13-3-5-14(6-4-13)52-27-33-17-22(29)31-11-32-24(17)35(27)26-21(39)19(37)16(48-26)10-46-51(43,44)49-50(41,42)45-9-15-18(36)20(38)25(47-15)34-7-1-2-12(8-34)23(30)40/h1-8,11,15-16,18-21,25-26,36-39H,9-10H2,(H5-,29,30,31,32,40,41,42,43,44). The molecule has 3 aromatic heterocycles. The molecule has 0 aliphatic carbocycles. The van der Waals surface area contributed by atoms with Crippen molar-refractivity contribution < 1.29 is 71.5 Å². The van der Waals surface area contributed by atoms with Gasteiger partial charge in [-0.25, -0.2) is 23.8 Å². The van der Waals surface area contributed by atoms with Crippen LogP contribution in [0.4, 0.5) is 5.82 Å². The molecule has 0 spiro atoms. The predicted octanol–water partition coefficient (Wildman–Crippen LogP) is -0.843. The Morgan fingerprint density at radius 2 is 1.69 bits per heavy atom. The summed E-state index contributed by atoms with van der Waals surface area (Å²) in [6, 6.07) is 9.51. The van der Waals surface area contributed by atoms with Crippen LogP contribution in [0.25, 0.3) is 11.2 Å². The summed E-state index contributed by atoms with van der Waals surface area (Å²) in [4.78, 5) is 47.4. The number of nitrogen functional groups attached to an aromatic ring is 1. The lowest BCUT2D eigenvalue weighted by Crippen LogP contribution is -2.46. The van der Waals surface area contributed by atoms with Gasteiger partial charge in [-0.1, -0.05) is 23.4 Å². The van der Waals surface area contributed by atoms with Crippen molar-refractivity contribution in [2.75, 3.05) is 18.9 Å². The summed E-state index contributed by atoms with van der Waals surface area (Å²) < 4.78 is 52.7. The van der Waals surface area contributed by atoms with E-state index in [9.17, 15) is 44.1 Å². The summed E-state index contributed by atoms with van der Waals surface area (Å²) in [6.45, 7) is -1.95. The fourth-order valence-electron chi connectivity index (χ4n) is 5.31. The molecule has 21 nitrogen and oxygen atoms in total. The molecule has 52 heavy (non-hydrogen) atoms. The van der Waals surface area contributed by atoms with Crippen LogP contribution in [0.5, 0.6) is 0 Å². The molecule has 0 saturated carbocycles. The topological polar surface area (TPSA) is 321 Å². The van der Waals surface area contributed by atoms with Crippen LogP contribution < -0.4 is 20.9 Å². The number of carbonyl (C=O) groups is 1. The Hall–Kier alpha value is -3.15. The zero-order chi connectivity index (χ0) is 37.5. The van der Waals surface area contributed by atoms with Crippen molar-refractivity contribution in [2.24, 2.45) is 5.73 Å². The minimum absolute atomic E-state index is 0.0103. The molecule has 2 aliphatic rings. The third kappa shape index (κ3) is 8.31. The number of benzene rings is 1. The molecule has 0 radical (unpaired) electrons. The average molecular weight is 806 g/mol. The van der Waals surface area contributed by atoms with Crippen LogP contribution in [0.15, 0.2) is 65.2 Å². The number of nitrogens with zero attached hydrogens (tertiary/aromatic N) is 5. The van der Waals surface area contributed by atoms with Gasteiger partial charge in [0.2, 0.25) is 0 Å². The molecule has 0 bridgehead atoms. The highest BCUT2D eigenvalue weighted by molar-refractivity contribution is 7.99. The van der Waals surface area contributed by atoms with Gasteiger partial charge in [-0.2, -0.15) is 4.57 Å². The molecular weight excluding hydrogens is 776 g/mol. The third-order valence-electron chi connectivity index (χ3n) is 7.83. The van der Waals surface area contributed by atoms with Crippen LogP contribution >= 0.6 is 39.0 Å². The molecule has 2 fully saturated rings. The molecule has 9 N–H and O–H groups in total. The number of aliphatic hydroxyl groups is 4. The number of phosphoric ester groups is 2. The van der Waals surface area contributed by atoms with E-state index in [2.05, 4.69) is 23.8 Å². The summed E-state index contributed by atoms with van der Waals surface area (Å²) >= 11 is 7.10. The number of aromatic nitrogens is 5. The normalized spacial score (nSPS) is 28.5. The number of hydrogen-bond donors (Lipinski definition) is 7. The van der Waals surface area contributed by atoms with Crippen LogP contribution in [0.3, 0.4) is 0 Å². The number of amides is 1. The number of fused-ring (bicyclic) bond motifs is 1. The van der Waals surface area contributed by atoms with Crippen molar-refractivity contribution in [1.29, 1.82) is 0 Å². The first-order valence-electron chi connectivity index (χ1n) is 14.9. The molecule has 10 atom stereocenters. The monoisotopic (exact) mass is 805 g/mol. The molecule has 10 unspecified atom stereocenters. The molecule has 25 heteroatoms. The third-order valence-corrected chi connectivity index (χ3v) is 11.6. The second-order valence-electron chi connectivity index (χ2n) is 11.3. The number of rotatable bonds is 13. The number of phosphoric acid groups is 2. The van der Waals surface area contributed by atoms with Gasteiger partial charge in [-0.15, -0.1) is 0 Å². The number of ether oxygens (including phenoxy) is 2. The quantitative estimate of drug-likeness (QED) is 0.0639. The largest absolute Gasteiger partial charge is 0.756 e. The number of imidazole rings is 1. The lowest BCUT2D eigenvalue weighted by Gasteiger charge is -2.26. The van der Waals surface area contributed by atoms with E-state index >= 15 is 0 Å². The zero-order valence-electron chi connectivity index (χ0n) is 26.2. The molecular formula is C27H30ClN7O14P2S. The van der Waals surface area contributed by atoms with Gasteiger partial charge < -0.3 is 55.7 Å². The van der Waals surface area contributed by atoms with Crippen LogP contribution in [0.2, 0.25) is 5.02 Å². The summed E-state index contributed by atoms with van der Waals surface area (Å²) in [5, 5.41) is 43.3. The molecule has 1 aromatic carbocycles. The highest BCUT2D eigenvalue weighted by atomic mass is 35.5. The highest BCUT2D eigenvalue weighted by Gasteiger charge is 2.49. The van der Waals surface area contributed by atoms with Crippen molar-refractivity contribution in [3.05, 3.63) is 65.7 Å². The van der Waals surface area contributed by atoms with Gasteiger partial charge in [-0.05, 0) is 30.3 Å². The number of halogens is 1. The fraction of sp³-hybridized carbons (Fsp3) is 0.370. The van der Waals surface area contributed by atoms with E-state index in [0.717, 1.165) is 18.1 Å². The van der Waals surface area contributed by atoms with Crippen molar-refractivity contribution >= 4 is 61.9 Å². The molecule has 6 rings (SSSR count). The van der Waals surface area contributed by atoms with Crippen LogP contribution in [-0.4, -0.2) is 101 Å². The molecule has 280 valence electrons. The first kappa shape index (κ1) is 38.6. The van der Waals surface area contributed by atoms with Gasteiger partial charge in [0.15, 0.2) is 46.9 Å². The number of hydrogen-bond acceptors (Lipinski definition) is 18. The van der Waals surface area contributed by atoms with Crippen molar-refractivity contribution in [3.8, 4) is 0 Å². The van der Waals surface area contributed by atoms with E-state index in [1.54, 1.807) is 24.3 Å². The van der Waals surface area contributed by atoms with E-state index in [0.29, 0.717) is 9.92 Å². The highest BCUT2D eigenvalue weighted by Crippen LogP contribution is 2.58. The summed E-state index contributed by atoms with van der Waals surface area (Å²) in [6.07, 6.45) is -8.68. The lowest BCUT2D eigenvalue weighted by molar-refractivity contribution is -0.765. The maximum absolute atomic E-state index is 12.7. The number of primary amides is 1. The predicted molar refractivity (Wildman–Crippen MR) is 173 cm³/mol. The van der Waals surface area contributed by atoms with Crippen LogP contribution in [-0.2, 0) is 32.0 Å². The van der Waals surface area contributed by atoms with E-state index in [4.69, 9.17) is 37.1 Å². The van der Waals surface area contributed by atoms with Gasteiger partial charge >= 0.3 is 7.82 Å². The first-order chi connectivity index (χ1) is 24.5. The number of nitrogens with two attached hydrogens (primary N) is 2. The zero-order valence-corrected chi connectivity index (χ0v) is 29.6. The lowest BCUT2D eigenvalue weighted by atomic mass is 10.1. The number of pyridine rings is 1. The molecule has 4 aromatic rings. The second-order valence-corrected chi connectivity index (χ2v) is 15.8. The maximum atomic E-state index is 12.7. The van der Waals surface area contributed by atoms with Crippen LogP contribution in [0, 0.1) is 0 Å². The average Bonchev–Trinajstić information content (AvgIpc) is 3.70. The van der Waals surface area contributed by atoms with E-state index < -0.39 is 83.8 Å². The van der Waals surface area contributed by atoms with Crippen LogP contribution in [0.1, 0.15) is 22.8 Å². The van der Waals surface area contributed by atoms with E-state index in [1.807, 2.05) is 0 Å². The van der Waals surface area contributed by atoms with Gasteiger partial charge in [-0.3, -0.25) is 18.5 Å². The van der Waals surface area contributed by atoms with Gasteiger partial charge in [0, 0.05) is 16.0 Å². The van der Waals surface area contributed by atoms with Gasteiger partial charge in [0.1, 0.15) is 42.4 Å². The van der Waals surface area contributed by atoms with Crippen molar-refractivity contribution in [3.63, 3.8) is 0 Å². The Morgan fingerprint density at radius 3 is 2.40 bits per heavy atom. The molecule has 1 amide bonds. The Labute approximate surface area is 301 Å². The molecule has 5 heterocycles. The number of anilines is 1. The molecule has 2 aliphatic heterocycles. The fourth-order valence-corrected chi connectivity index (χ4v) is 8.40. The summed E-state index contributed by atoms with van der Waals surface area (Å²) in [5.74, 6) is -0.769. The SMILES string of the molecule is NC(=O)c1ccc[n+](C2OC(COP(=O)([O-])OP(=O)(O)OCC3OC(n4c(Sc5ccc(Cl)cc5)nc5c(N)ncnc54)C(O)C3O)C(O)C2O)c1. The smallest absolute Gasteiger partial charge is 0.478 e. The maximum Gasteiger partial charge on any atom is 0.478 e.